The predicted molar refractivity (Wildman–Crippen MR) is 111 cm³/mol. The third-order valence-corrected chi connectivity index (χ3v) is 4.62. The minimum Gasteiger partial charge on any atom is -0.508 e. The van der Waals surface area contributed by atoms with Gasteiger partial charge in [0.2, 0.25) is 0 Å². The molecule has 8 heteroatoms. The number of anilines is 1. The number of aromatic hydroxyl groups is 1. The Hall–Kier alpha value is -2.97. The summed E-state index contributed by atoms with van der Waals surface area (Å²) in [6, 6.07) is 13.3. The third kappa shape index (κ3) is 7.17. The first-order valence-electron chi connectivity index (χ1n) is 8.86. The summed E-state index contributed by atoms with van der Waals surface area (Å²) in [6.07, 6.45) is 1.76. The summed E-state index contributed by atoms with van der Waals surface area (Å²) < 4.78 is 11.2. The summed E-state index contributed by atoms with van der Waals surface area (Å²) in [5.74, 6) is -1.09. The monoisotopic (exact) mass is 417 g/mol. The van der Waals surface area contributed by atoms with Crippen molar-refractivity contribution in [3.8, 4) is 5.75 Å². The van der Waals surface area contributed by atoms with Crippen LogP contribution in [0.4, 0.5) is 10.5 Å². The normalized spacial score (nSPS) is 13.0. The minimum absolute atomic E-state index is 0.0554. The van der Waals surface area contributed by atoms with Gasteiger partial charge in [0, 0.05) is 23.3 Å². The van der Waals surface area contributed by atoms with Crippen molar-refractivity contribution < 1.29 is 29.3 Å². The molecular formula is C21H23NO6S. The van der Waals surface area contributed by atoms with E-state index < -0.39 is 24.3 Å². The third-order valence-electron chi connectivity index (χ3n) is 3.88. The van der Waals surface area contributed by atoms with Gasteiger partial charge in [-0.15, -0.1) is 11.8 Å². The molecule has 0 aliphatic rings. The van der Waals surface area contributed by atoms with Crippen molar-refractivity contribution in [3.63, 3.8) is 0 Å². The molecule has 2 atom stereocenters. The smallest absolute Gasteiger partial charge is 0.412 e. The molecule has 0 saturated heterocycles. The number of hydrogen-bond acceptors (Lipinski definition) is 6. The molecule has 0 unspecified atom stereocenters. The number of benzene rings is 2. The molecule has 3 N–H and O–H groups in total. The van der Waals surface area contributed by atoms with Gasteiger partial charge in [-0.25, -0.2) is 9.59 Å². The van der Waals surface area contributed by atoms with E-state index in [4.69, 9.17) is 14.6 Å². The molecule has 2 rings (SSSR count). The van der Waals surface area contributed by atoms with E-state index in [1.807, 2.05) is 18.4 Å². The molecule has 0 radical (unpaired) electrons. The molecule has 7 nitrogen and oxygen atoms in total. The van der Waals surface area contributed by atoms with E-state index in [9.17, 15) is 14.7 Å². The molecule has 0 aromatic heterocycles. The molecule has 0 saturated carbocycles. The van der Waals surface area contributed by atoms with Crippen LogP contribution in [0.1, 0.15) is 18.6 Å². The van der Waals surface area contributed by atoms with Gasteiger partial charge >= 0.3 is 12.1 Å². The number of carboxylic acids is 1. The number of aliphatic carboxylic acids is 1. The van der Waals surface area contributed by atoms with E-state index in [0.717, 1.165) is 11.0 Å². The molecule has 1 amide bonds. The number of thioether (sulfide) groups is 1. The van der Waals surface area contributed by atoms with Crippen LogP contribution in [0.15, 0.2) is 65.6 Å². The van der Waals surface area contributed by atoms with Gasteiger partial charge < -0.3 is 19.7 Å². The number of carbonyl (C=O) groups is 2. The lowest BCUT2D eigenvalue weighted by atomic mass is 10.0. The van der Waals surface area contributed by atoms with Crippen LogP contribution in [0.2, 0.25) is 0 Å². The fourth-order valence-electron chi connectivity index (χ4n) is 2.54. The largest absolute Gasteiger partial charge is 0.508 e. The lowest BCUT2D eigenvalue weighted by Crippen LogP contribution is -2.27. The van der Waals surface area contributed by atoms with Crippen LogP contribution < -0.4 is 5.32 Å². The molecule has 0 heterocycles. The van der Waals surface area contributed by atoms with Crippen LogP contribution in [0.5, 0.6) is 5.75 Å². The molecule has 2 aromatic rings. The maximum absolute atomic E-state index is 12.5. The van der Waals surface area contributed by atoms with Gasteiger partial charge in [-0.1, -0.05) is 12.1 Å². The van der Waals surface area contributed by atoms with Crippen LogP contribution in [-0.4, -0.2) is 41.2 Å². The number of amides is 1. The fourth-order valence-corrected chi connectivity index (χ4v) is 2.95. The highest BCUT2D eigenvalue weighted by Crippen LogP contribution is 2.27. The van der Waals surface area contributed by atoms with Crippen LogP contribution in [0.25, 0.3) is 0 Å². The Bertz CT molecular complexity index is 835. The number of rotatable bonds is 9. The van der Waals surface area contributed by atoms with Crippen LogP contribution in [0.3, 0.4) is 0 Å². The number of phenols is 1. The van der Waals surface area contributed by atoms with Gasteiger partial charge in [0.1, 0.15) is 11.9 Å². The maximum Gasteiger partial charge on any atom is 0.412 e. The first-order valence-corrected chi connectivity index (χ1v) is 10.1. The van der Waals surface area contributed by atoms with E-state index in [1.54, 1.807) is 43.0 Å². The summed E-state index contributed by atoms with van der Waals surface area (Å²) >= 11 is 1.59. The number of phenolic OH excluding ortho intramolecular Hbond substituents is 1. The van der Waals surface area contributed by atoms with E-state index in [-0.39, 0.29) is 12.4 Å². The number of ether oxygens (including phenoxy) is 2. The maximum atomic E-state index is 12.5. The summed E-state index contributed by atoms with van der Waals surface area (Å²) in [5, 5.41) is 21.1. The second-order valence-corrected chi connectivity index (χ2v) is 6.77. The quantitative estimate of drug-likeness (QED) is 0.409. The summed E-state index contributed by atoms with van der Waals surface area (Å²) in [7, 11) is 0. The SMILES string of the molecule is CCO[C@H](/C=C/C(=O)O)[C@H](OC(=O)Nc1ccc(SC)cc1)c1ccc(O)cc1. The highest BCUT2D eigenvalue weighted by atomic mass is 32.2. The lowest BCUT2D eigenvalue weighted by Gasteiger charge is -2.25. The molecule has 0 fully saturated rings. The number of carboxylic acid groups (broad SMARTS) is 1. The van der Waals surface area contributed by atoms with Gasteiger partial charge in [0.05, 0.1) is 0 Å². The zero-order valence-electron chi connectivity index (χ0n) is 16.1. The predicted octanol–water partition coefficient (Wildman–Crippen LogP) is 4.45. The van der Waals surface area contributed by atoms with E-state index >= 15 is 0 Å². The molecule has 0 aliphatic heterocycles. The Kier molecular flexibility index (Phi) is 8.57. The van der Waals surface area contributed by atoms with E-state index in [2.05, 4.69) is 5.32 Å². The average molecular weight is 417 g/mol. The van der Waals surface area contributed by atoms with Crippen LogP contribution in [-0.2, 0) is 14.3 Å². The Balaban J connectivity index is 2.23. The molecule has 0 aliphatic carbocycles. The number of nitrogens with one attached hydrogen (secondary N) is 1. The summed E-state index contributed by atoms with van der Waals surface area (Å²) in [5.41, 5.74) is 1.11. The van der Waals surface area contributed by atoms with E-state index in [0.29, 0.717) is 11.3 Å². The Morgan fingerprint density at radius 2 is 1.79 bits per heavy atom. The second kappa shape index (κ2) is 11.1. The summed E-state index contributed by atoms with van der Waals surface area (Å²) in [6.45, 7) is 2.03. The van der Waals surface area contributed by atoms with Crippen molar-refractivity contribution in [2.24, 2.45) is 0 Å². The van der Waals surface area contributed by atoms with Crippen molar-refractivity contribution in [3.05, 3.63) is 66.2 Å². The fraction of sp³-hybridized carbons (Fsp3) is 0.238. The molecule has 154 valence electrons. The van der Waals surface area contributed by atoms with Gasteiger partial charge in [-0.05, 0) is 61.2 Å². The van der Waals surface area contributed by atoms with Crippen molar-refractivity contribution in [2.75, 3.05) is 18.2 Å². The van der Waals surface area contributed by atoms with Gasteiger partial charge in [-0.2, -0.15) is 0 Å². The zero-order chi connectivity index (χ0) is 21.2. The highest BCUT2D eigenvalue weighted by Gasteiger charge is 2.26. The molecule has 29 heavy (non-hydrogen) atoms. The summed E-state index contributed by atoms with van der Waals surface area (Å²) in [4.78, 5) is 24.5. The molecular weight excluding hydrogens is 394 g/mol. The van der Waals surface area contributed by atoms with Crippen molar-refractivity contribution in [2.45, 2.75) is 24.0 Å². The van der Waals surface area contributed by atoms with Crippen LogP contribution >= 0.6 is 11.8 Å². The Morgan fingerprint density at radius 1 is 1.14 bits per heavy atom. The van der Waals surface area contributed by atoms with Crippen molar-refractivity contribution in [1.82, 2.24) is 0 Å². The Labute approximate surface area is 173 Å². The standard InChI is InChI=1S/C21H23NO6S/c1-3-27-18(12-13-19(24)25)20(14-4-8-16(23)9-5-14)28-21(26)22-15-6-10-17(29-2)11-7-15/h4-13,18,20,23H,3H2,1-2H3,(H,22,26)(H,24,25)/b13-12+/t18-,20-/m1/s1. The molecule has 2 aromatic carbocycles. The van der Waals surface area contributed by atoms with Crippen LogP contribution in [0, 0.1) is 0 Å². The van der Waals surface area contributed by atoms with Gasteiger partial charge in [0.15, 0.2) is 6.10 Å². The highest BCUT2D eigenvalue weighted by molar-refractivity contribution is 7.98. The van der Waals surface area contributed by atoms with Crippen molar-refractivity contribution in [1.29, 1.82) is 0 Å². The Morgan fingerprint density at radius 3 is 2.34 bits per heavy atom. The average Bonchev–Trinajstić information content (AvgIpc) is 2.71. The van der Waals surface area contributed by atoms with Gasteiger partial charge in [0.25, 0.3) is 0 Å². The molecule has 0 spiro atoms. The lowest BCUT2D eigenvalue weighted by molar-refractivity contribution is -0.131. The zero-order valence-corrected chi connectivity index (χ0v) is 16.9. The second-order valence-electron chi connectivity index (χ2n) is 5.89. The first-order chi connectivity index (χ1) is 13.9. The first kappa shape index (κ1) is 22.3. The molecule has 0 bridgehead atoms. The van der Waals surface area contributed by atoms with E-state index in [1.165, 1.54) is 18.2 Å². The minimum atomic E-state index is -1.14. The number of hydrogen-bond donors (Lipinski definition) is 3. The van der Waals surface area contributed by atoms with Crippen molar-refractivity contribution >= 4 is 29.5 Å². The topological polar surface area (TPSA) is 105 Å². The number of carbonyl (C=O) groups excluding carboxylic acids is 1. The van der Waals surface area contributed by atoms with Gasteiger partial charge in [-0.3, -0.25) is 5.32 Å².